The van der Waals surface area contributed by atoms with Crippen LogP contribution in [-0.4, -0.2) is 31.7 Å². The number of benzene rings is 1. The van der Waals surface area contributed by atoms with Crippen LogP contribution in [0.4, 0.5) is 11.6 Å². The van der Waals surface area contributed by atoms with Gasteiger partial charge in [-0.05, 0) is 39.0 Å². The number of anilines is 2. The quantitative estimate of drug-likeness (QED) is 0.672. The molecular weight excluding hydrogens is 366 g/mol. The first kappa shape index (κ1) is 20.8. The Kier molecular flexibility index (Phi) is 5.36. The molecule has 2 N–H and O–H groups in total. The van der Waals surface area contributed by atoms with Crippen LogP contribution in [0.2, 0.25) is 0 Å². The Morgan fingerprint density at radius 1 is 1.03 bits per heavy atom. The predicted octanol–water partition coefficient (Wildman–Crippen LogP) is 4.25. The van der Waals surface area contributed by atoms with Crippen LogP contribution in [0.3, 0.4) is 0 Å². The van der Waals surface area contributed by atoms with Crippen molar-refractivity contribution >= 4 is 11.6 Å². The number of nitrogens with zero attached hydrogens (tertiary/aromatic N) is 4. The first-order valence-electron chi connectivity index (χ1n) is 9.56. The lowest BCUT2D eigenvalue weighted by molar-refractivity contribution is 0.0736. The van der Waals surface area contributed by atoms with Crippen LogP contribution in [0.1, 0.15) is 51.7 Å². The largest absolute Gasteiger partial charge is 0.494 e. The highest BCUT2D eigenvalue weighted by Gasteiger charge is 2.24. The minimum absolute atomic E-state index is 0.180. The average molecular weight is 396 g/mol. The fourth-order valence-electron chi connectivity index (χ4n) is 2.85. The van der Waals surface area contributed by atoms with E-state index in [1.807, 2.05) is 42.0 Å². The molecule has 0 atom stereocenters. The Balaban J connectivity index is 1.99. The molecule has 2 heterocycles. The number of aromatic nitrogens is 4. The van der Waals surface area contributed by atoms with Gasteiger partial charge in [-0.2, -0.15) is 0 Å². The van der Waals surface area contributed by atoms with E-state index >= 15 is 0 Å². The minimum Gasteiger partial charge on any atom is -0.494 e. The van der Waals surface area contributed by atoms with Crippen LogP contribution >= 0.6 is 0 Å². The molecule has 1 aromatic carbocycles. The van der Waals surface area contributed by atoms with Crippen molar-refractivity contribution in [1.29, 1.82) is 0 Å². The van der Waals surface area contributed by atoms with Gasteiger partial charge < -0.3 is 19.7 Å². The third-order valence-electron chi connectivity index (χ3n) is 4.55. The molecule has 3 aromatic rings. The van der Waals surface area contributed by atoms with E-state index < -0.39 is 5.60 Å². The van der Waals surface area contributed by atoms with Gasteiger partial charge in [-0.3, -0.25) is 0 Å². The molecule has 0 spiro atoms. The second-order valence-corrected chi connectivity index (χ2v) is 8.70. The van der Waals surface area contributed by atoms with E-state index in [-0.39, 0.29) is 5.41 Å². The maximum atomic E-state index is 10.5. The highest BCUT2D eigenvalue weighted by atomic mass is 16.5. The Labute approximate surface area is 171 Å². The van der Waals surface area contributed by atoms with Crippen molar-refractivity contribution in [3.63, 3.8) is 0 Å². The average Bonchev–Trinajstić information content (AvgIpc) is 3.06. The number of hydrogen-bond acceptors (Lipinski definition) is 6. The predicted molar refractivity (Wildman–Crippen MR) is 114 cm³/mol. The second kappa shape index (κ2) is 7.48. The molecule has 0 amide bonds. The van der Waals surface area contributed by atoms with Gasteiger partial charge in [0, 0.05) is 23.4 Å². The summed E-state index contributed by atoms with van der Waals surface area (Å²) in [5.41, 5.74) is 2.78. The molecule has 3 rings (SSSR count). The van der Waals surface area contributed by atoms with Crippen molar-refractivity contribution in [1.82, 2.24) is 19.5 Å². The summed E-state index contributed by atoms with van der Waals surface area (Å²) in [4.78, 5) is 13.5. The first-order valence-corrected chi connectivity index (χ1v) is 9.56. The summed E-state index contributed by atoms with van der Waals surface area (Å²) < 4.78 is 7.49. The number of aliphatic hydroxyl groups is 1. The number of imidazole rings is 1. The third-order valence-corrected chi connectivity index (χ3v) is 4.55. The number of ether oxygens (including phenoxy) is 1. The zero-order valence-electron chi connectivity index (χ0n) is 18.1. The van der Waals surface area contributed by atoms with Gasteiger partial charge in [-0.15, -0.1) is 0 Å². The molecule has 7 heteroatoms. The Hall–Kier alpha value is -2.93. The van der Waals surface area contributed by atoms with Gasteiger partial charge in [0.15, 0.2) is 0 Å². The molecule has 0 aliphatic rings. The highest BCUT2D eigenvalue weighted by molar-refractivity contribution is 5.62. The Morgan fingerprint density at radius 2 is 1.72 bits per heavy atom. The summed E-state index contributed by atoms with van der Waals surface area (Å²) in [6.45, 7) is 11.6. The van der Waals surface area contributed by atoms with Crippen molar-refractivity contribution in [2.24, 2.45) is 0 Å². The topological polar surface area (TPSA) is 85.1 Å². The fourth-order valence-corrected chi connectivity index (χ4v) is 2.85. The van der Waals surface area contributed by atoms with Gasteiger partial charge >= 0.3 is 0 Å². The lowest BCUT2D eigenvalue weighted by Gasteiger charge is -2.23. The maximum Gasteiger partial charge on any atom is 0.227 e. The molecule has 0 saturated heterocycles. The van der Waals surface area contributed by atoms with Crippen molar-refractivity contribution in [3.8, 4) is 11.4 Å². The summed E-state index contributed by atoms with van der Waals surface area (Å²) in [7, 11) is 1.63. The van der Waals surface area contributed by atoms with E-state index in [2.05, 4.69) is 41.0 Å². The molecule has 0 unspecified atom stereocenters. The van der Waals surface area contributed by atoms with Crippen LogP contribution in [0, 0.1) is 6.92 Å². The standard InChI is InChI=1S/C22H29N5O2/c1-14-12-27(13-23-14)16-9-8-15(10-17(16)29-7)24-20-25-18(21(2,3)4)11-19(26-20)22(5,6)28/h8-13,28H,1-7H3,(H,24,25,26). The minimum atomic E-state index is -1.07. The zero-order valence-corrected chi connectivity index (χ0v) is 18.1. The van der Waals surface area contributed by atoms with Gasteiger partial charge in [0.25, 0.3) is 0 Å². The van der Waals surface area contributed by atoms with Gasteiger partial charge in [0.05, 0.1) is 36.2 Å². The van der Waals surface area contributed by atoms with Crippen molar-refractivity contribution < 1.29 is 9.84 Å². The monoisotopic (exact) mass is 395 g/mol. The first-order chi connectivity index (χ1) is 13.5. The fraction of sp³-hybridized carbons (Fsp3) is 0.409. The molecular formula is C22H29N5O2. The normalized spacial score (nSPS) is 12.1. The third kappa shape index (κ3) is 4.74. The molecule has 0 fully saturated rings. The smallest absolute Gasteiger partial charge is 0.227 e. The Bertz CT molecular complexity index is 981. The molecule has 0 bridgehead atoms. The van der Waals surface area contributed by atoms with E-state index in [0.717, 1.165) is 22.8 Å². The van der Waals surface area contributed by atoms with E-state index in [1.54, 1.807) is 27.3 Å². The van der Waals surface area contributed by atoms with Crippen molar-refractivity contribution in [3.05, 3.63) is 53.9 Å². The molecule has 2 aromatic heterocycles. The van der Waals surface area contributed by atoms with E-state index in [0.29, 0.717) is 17.4 Å². The lowest BCUT2D eigenvalue weighted by atomic mass is 9.90. The number of hydrogen-bond donors (Lipinski definition) is 2. The van der Waals surface area contributed by atoms with Crippen LogP contribution in [0.5, 0.6) is 5.75 Å². The molecule has 0 saturated carbocycles. The molecule has 0 aliphatic carbocycles. The Morgan fingerprint density at radius 3 is 2.28 bits per heavy atom. The molecule has 154 valence electrons. The number of aryl methyl sites for hydroxylation is 1. The SMILES string of the molecule is COc1cc(Nc2nc(C(C)(C)C)cc(C(C)(C)O)n2)ccc1-n1cnc(C)c1. The molecule has 29 heavy (non-hydrogen) atoms. The summed E-state index contributed by atoms with van der Waals surface area (Å²) in [5.74, 6) is 1.13. The summed E-state index contributed by atoms with van der Waals surface area (Å²) in [6, 6.07) is 7.63. The summed E-state index contributed by atoms with van der Waals surface area (Å²) in [5, 5.41) is 13.7. The number of rotatable bonds is 5. The van der Waals surface area contributed by atoms with Gasteiger partial charge in [-0.1, -0.05) is 20.8 Å². The van der Waals surface area contributed by atoms with Gasteiger partial charge in [0.2, 0.25) is 5.95 Å². The highest BCUT2D eigenvalue weighted by Crippen LogP contribution is 2.30. The molecule has 0 radical (unpaired) electrons. The van der Waals surface area contributed by atoms with E-state index in [9.17, 15) is 5.11 Å². The van der Waals surface area contributed by atoms with Gasteiger partial charge in [0.1, 0.15) is 11.4 Å². The van der Waals surface area contributed by atoms with Crippen LogP contribution in [-0.2, 0) is 11.0 Å². The molecule has 7 nitrogen and oxygen atoms in total. The lowest BCUT2D eigenvalue weighted by Crippen LogP contribution is -2.22. The molecule has 0 aliphatic heterocycles. The summed E-state index contributed by atoms with van der Waals surface area (Å²) >= 11 is 0. The van der Waals surface area contributed by atoms with Gasteiger partial charge in [-0.25, -0.2) is 15.0 Å². The second-order valence-electron chi connectivity index (χ2n) is 8.70. The summed E-state index contributed by atoms with van der Waals surface area (Å²) in [6.07, 6.45) is 3.70. The number of nitrogens with one attached hydrogen (secondary N) is 1. The van der Waals surface area contributed by atoms with Crippen LogP contribution < -0.4 is 10.1 Å². The van der Waals surface area contributed by atoms with Crippen LogP contribution in [0.25, 0.3) is 5.69 Å². The maximum absolute atomic E-state index is 10.5. The van der Waals surface area contributed by atoms with Crippen molar-refractivity contribution in [2.45, 2.75) is 52.6 Å². The zero-order chi connectivity index (χ0) is 21.4. The van der Waals surface area contributed by atoms with Crippen LogP contribution in [0.15, 0.2) is 36.8 Å². The number of methoxy groups -OCH3 is 1. The van der Waals surface area contributed by atoms with E-state index in [1.165, 1.54) is 0 Å². The van der Waals surface area contributed by atoms with Crippen molar-refractivity contribution in [2.75, 3.05) is 12.4 Å². The van der Waals surface area contributed by atoms with E-state index in [4.69, 9.17) is 4.74 Å².